The Balaban J connectivity index is 2.91. The maximum absolute atomic E-state index is 12.0. The van der Waals surface area contributed by atoms with Crippen LogP contribution in [0.4, 0.5) is 0 Å². The highest BCUT2D eigenvalue weighted by atomic mass is 32.2. The quantitative estimate of drug-likeness (QED) is 0.857. The fourth-order valence-corrected chi connectivity index (χ4v) is 2.11. The van der Waals surface area contributed by atoms with Crippen molar-refractivity contribution in [3.05, 3.63) is 29.8 Å². The van der Waals surface area contributed by atoms with Crippen LogP contribution in [0.5, 0.6) is 0 Å². The Labute approximate surface area is 111 Å². The molecule has 0 bridgehead atoms. The third-order valence-corrected chi connectivity index (χ3v) is 3.63. The molecule has 0 aliphatic rings. The standard InChI is InChI=1S/C12H15NO5S/c1-13(7-6-11(14)15)12(16)9-4-3-5-10(8-9)19(2,17)18/h3-5,8H,6-7H2,1-2H3,(H,14,15). The van der Waals surface area contributed by atoms with Crippen LogP contribution in [0.3, 0.4) is 0 Å². The van der Waals surface area contributed by atoms with Crippen molar-refractivity contribution >= 4 is 21.7 Å². The molecule has 7 heteroatoms. The Morgan fingerprint density at radius 1 is 1.32 bits per heavy atom. The molecule has 0 heterocycles. The van der Waals surface area contributed by atoms with Crippen molar-refractivity contribution < 1.29 is 23.1 Å². The summed E-state index contributed by atoms with van der Waals surface area (Å²) in [6.45, 7) is 0.0667. The van der Waals surface area contributed by atoms with Crippen molar-refractivity contribution in [2.75, 3.05) is 19.8 Å². The Bertz CT molecular complexity index is 594. The number of hydrogen-bond acceptors (Lipinski definition) is 4. The second-order valence-electron chi connectivity index (χ2n) is 4.17. The van der Waals surface area contributed by atoms with E-state index in [4.69, 9.17) is 5.11 Å². The third kappa shape index (κ3) is 4.36. The van der Waals surface area contributed by atoms with Crippen molar-refractivity contribution in [3.63, 3.8) is 0 Å². The number of carbonyl (C=O) groups is 2. The van der Waals surface area contributed by atoms with Crippen molar-refractivity contribution in [2.45, 2.75) is 11.3 Å². The van der Waals surface area contributed by atoms with Crippen LogP contribution in [0.1, 0.15) is 16.8 Å². The summed E-state index contributed by atoms with van der Waals surface area (Å²) in [6, 6.07) is 5.67. The smallest absolute Gasteiger partial charge is 0.305 e. The van der Waals surface area contributed by atoms with Crippen LogP contribution in [-0.4, -0.2) is 50.1 Å². The number of carboxylic acids is 1. The first-order chi connectivity index (χ1) is 8.71. The molecule has 1 amide bonds. The van der Waals surface area contributed by atoms with E-state index < -0.39 is 21.7 Å². The van der Waals surface area contributed by atoms with Gasteiger partial charge in [-0.2, -0.15) is 0 Å². The number of sulfone groups is 1. The summed E-state index contributed by atoms with van der Waals surface area (Å²) in [4.78, 5) is 23.7. The number of hydrogen-bond donors (Lipinski definition) is 1. The minimum absolute atomic E-state index is 0.0602. The molecular weight excluding hydrogens is 270 g/mol. The molecule has 0 fully saturated rings. The summed E-state index contributed by atoms with van der Waals surface area (Å²) >= 11 is 0. The Morgan fingerprint density at radius 2 is 1.95 bits per heavy atom. The van der Waals surface area contributed by atoms with Gasteiger partial charge in [-0.1, -0.05) is 6.07 Å². The van der Waals surface area contributed by atoms with Crippen molar-refractivity contribution in [1.82, 2.24) is 4.90 Å². The van der Waals surface area contributed by atoms with E-state index >= 15 is 0 Å². The zero-order valence-electron chi connectivity index (χ0n) is 10.7. The van der Waals surface area contributed by atoms with Gasteiger partial charge in [-0.15, -0.1) is 0 Å². The molecular formula is C12H15NO5S. The van der Waals surface area contributed by atoms with Gasteiger partial charge < -0.3 is 10.0 Å². The average Bonchev–Trinajstić information content (AvgIpc) is 2.34. The lowest BCUT2D eigenvalue weighted by Gasteiger charge is -2.16. The zero-order chi connectivity index (χ0) is 14.6. The van der Waals surface area contributed by atoms with Crippen molar-refractivity contribution in [3.8, 4) is 0 Å². The van der Waals surface area contributed by atoms with Crippen LogP contribution in [0.25, 0.3) is 0 Å². The summed E-state index contributed by atoms with van der Waals surface area (Å²) in [7, 11) is -1.90. The molecule has 1 rings (SSSR count). The van der Waals surface area contributed by atoms with E-state index in [0.29, 0.717) is 0 Å². The van der Waals surface area contributed by atoms with Crippen LogP contribution < -0.4 is 0 Å². The number of rotatable bonds is 5. The van der Waals surface area contributed by atoms with E-state index in [0.717, 1.165) is 6.26 Å². The Kier molecular flexibility index (Phi) is 4.66. The fourth-order valence-electron chi connectivity index (χ4n) is 1.45. The molecule has 0 saturated carbocycles. The van der Waals surface area contributed by atoms with E-state index in [1.54, 1.807) is 0 Å². The van der Waals surface area contributed by atoms with Gasteiger partial charge in [0, 0.05) is 25.4 Å². The van der Waals surface area contributed by atoms with Gasteiger partial charge in [-0.05, 0) is 18.2 Å². The van der Waals surface area contributed by atoms with Gasteiger partial charge in [0.1, 0.15) is 0 Å². The van der Waals surface area contributed by atoms with E-state index in [2.05, 4.69) is 0 Å². The zero-order valence-corrected chi connectivity index (χ0v) is 11.5. The second kappa shape index (κ2) is 5.83. The number of carbonyl (C=O) groups excluding carboxylic acids is 1. The maximum atomic E-state index is 12.0. The van der Waals surface area contributed by atoms with Gasteiger partial charge in [0.05, 0.1) is 11.3 Å². The topological polar surface area (TPSA) is 91.8 Å². The molecule has 0 spiro atoms. The van der Waals surface area contributed by atoms with E-state index in [-0.39, 0.29) is 23.4 Å². The second-order valence-corrected chi connectivity index (χ2v) is 6.19. The lowest BCUT2D eigenvalue weighted by molar-refractivity contribution is -0.137. The van der Waals surface area contributed by atoms with Crippen LogP contribution in [0.2, 0.25) is 0 Å². The predicted molar refractivity (Wildman–Crippen MR) is 68.8 cm³/mol. The third-order valence-electron chi connectivity index (χ3n) is 2.52. The summed E-state index contributed by atoms with van der Waals surface area (Å²) in [5, 5.41) is 8.55. The van der Waals surface area contributed by atoms with E-state index in [1.807, 2.05) is 0 Å². The minimum atomic E-state index is -3.38. The molecule has 19 heavy (non-hydrogen) atoms. The molecule has 0 aliphatic heterocycles. The van der Waals surface area contributed by atoms with Crippen LogP contribution in [-0.2, 0) is 14.6 Å². The maximum Gasteiger partial charge on any atom is 0.305 e. The lowest BCUT2D eigenvalue weighted by atomic mass is 10.2. The van der Waals surface area contributed by atoms with Gasteiger partial charge >= 0.3 is 5.97 Å². The Hall–Kier alpha value is -1.89. The predicted octanol–water partition coefficient (Wildman–Crippen LogP) is 0.637. The highest BCUT2D eigenvalue weighted by Gasteiger charge is 2.15. The van der Waals surface area contributed by atoms with Gasteiger partial charge in [-0.3, -0.25) is 9.59 Å². The summed E-state index contributed by atoms with van der Waals surface area (Å²) in [6.07, 6.45) is 0.902. The number of amides is 1. The Morgan fingerprint density at radius 3 is 2.47 bits per heavy atom. The largest absolute Gasteiger partial charge is 0.481 e. The monoisotopic (exact) mass is 285 g/mol. The number of aliphatic carboxylic acids is 1. The van der Waals surface area contributed by atoms with Crippen LogP contribution >= 0.6 is 0 Å². The van der Waals surface area contributed by atoms with Crippen molar-refractivity contribution in [1.29, 1.82) is 0 Å². The lowest BCUT2D eigenvalue weighted by Crippen LogP contribution is -2.29. The molecule has 104 valence electrons. The molecule has 1 N–H and O–H groups in total. The van der Waals surface area contributed by atoms with Crippen LogP contribution in [0.15, 0.2) is 29.2 Å². The molecule has 0 unspecified atom stereocenters. The minimum Gasteiger partial charge on any atom is -0.481 e. The first kappa shape index (κ1) is 15.2. The first-order valence-electron chi connectivity index (χ1n) is 5.49. The molecule has 0 atom stereocenters. The SMILES string of the molecule is CN(CCC(=O)O)C(=O)c1cccc(S(C)(=O)=O)c1. The number of carboxylic acid groups (broad SMARTS) is 1. The fraction of sp³-hybridized carbons (Fsp3) is 0.333. The van der Waals surface area contributed by atoms with E-state index in [1.165, 1.54) is 36.2 Å². The molecule has 0 aromatic heterocycles. The normalized spacial score (nSPS) is 11.1. The average molecular weight is 285 g/mol. The van der Waals surface area contributed by atoms with Gasteiger partial charge in [-0.25, -0.2) is 8.42 Å². The van der Waals surface area contributed by atoms with Crippen LogP contribution in [0, 0.1) is 0 Å². The molecule has 0 radical (unpaired) electrons. The molecule has 0 saturated heterocycles. The van der Waals surface area contributed by atoms with Gasteiger partial charge in [0.2, 0.25) is 0 Å². The molecule has 1 aromatic carbocycles. The first-order valence-corrected chi connectivity index (χ1v) is 7.38. The molecule has 6 nitrogen and oxygen atoms in total. The highest BCUT2D eigenvalue weighted by Crippen LogP contribution is 2.12. The number of benzene rings is 1. The summed E-state index contributed by atoms with van der Waals surface area (Å²) < 4.78 is 22.8. The molecule has 0 aliphatic carbocycles. The molecule has 1 aromatic rings. The number of nitrogens with zero attached hydrogens (tertiary/aromatic N) is 1. The van der Waals surface area contributed by atoms with Crippen molar-refractivity contribution in [2.24, 2.45) is 0 Å². The van der Waals surface area contributed by atoms with Gasteiger partial charge in [0.15, 0.2) is 9.84 Å². The highest BCUT2D eigenvalue weighted by molar-refractivity contribution is 7.90. The summed E-state index contributed by atoms with van der Waals surface area (Å²) in [5.74, 6) is -1.41. The summed E-state index contributed by atoms with van der Waals surface area (Å²) in [5.41, 5.74) is 0.218. The van der Waals surface area contributed by atoms with E-state index in [9.17, 15) is 18.0 Å². The van der Waals surface area contributed by atoms with Gasteiger partial charge in [0.25, 0.3) is 5.91 Å².